The van der Waals surface area contributed by atoms with Crippen LogP contribution in [0, 0.1) is 0 Å². The van der Waals surface area contributed by atoms with E-state index in [0.29, 0.717) is 11.8 Å². The molecule has 0 aliphatic heterocycles. The number of aromatic hydroxyl groups is 1. The summed E-state index contributed by atoms with van der Waals surface area (Å²) >= 11 is 0. The minimum Gasteiger partial charge on any atom is -0.508 e. The Kier molecular flexibility index (Phi) is 2.49. The maximum atomic E-state index is 8.98. The summed E-state index contributed by atoms with van der Waals surface area (Å²) in [5.41, 5.74) is 5.12. The molecular weight excluding hydrogens is 138 g/mol. The highest BCUT2D eigenvalue weighted by Crippen LogP contribution is 2.10. The fraction of sp³-hybridized carbons (Fsp3) is 0.333. The molecule has 11 heavy (non-hydrogen) atoms. The fourth-order valence-corrected chi connectivity index (χ4v) is 1.03. The lowest BCUT2D eigenvalue weighted by Crippen LogP contribution is -2.60. The van der Waals surface area contributed by atoms with Gasteiger partial charge in [0.2, 0.25) is 0 Å². The number of rotatable bonds is 2. The van der Waals surface area contributed by atoms with Crippen LogP contribution < -0.4 is 5.73 Å². The minimum absolute atomic E-state index is 0.325. The predicted octanol–water partition coefficient (Wildman–Crippen LogP) is 0.565. The summed E-state index contributed by atoms with van der Waals surface area (Å²) in [4.78, 5) is 0. The normalized spacial score (nSPS) is 12.9. The first-order valence-corrected chi connectivity index (χ1v) is 3.79. The standard InChI is InChI=1S/C9H13NO/c1-7(10)6-8-2-4-9(11)5-3-8/h2-5,7,11H,6,10H2,1H3/p+1/t7-/m1/s1. The Morgan fingerprint density at radius 1 is 1.36 bits per heavy atom. The molecule has 0 spiro atoms. The predicted molar refractivity (Wildman–Crippen MR) is 44.2 cm³/mol. The summed E-state index contributed by atoms with van der Waals surface area (Å²) in [6, 6.07) is 7.70. The molecule has 0 aliphatic carbocycles. The lowest BCUT2D eigenvalue weighted by Gasteiger charge is -2.01. The number of phenols is 1. The summed E-state index contributed by atoms with van der Waals surface area (Å²) in [7, 11) is 0. The van der Waals surface area contributed by atoms with Gasteiger partial charge in [-0.1, -0.05) is 12.1 Å². The summed E-state index contributed by atoms with van der Waals surface area (Å²) < 4.78 is 0. The second kappa shape index (κ2) is 3.39. The molecule has 60 valence electrons. The Labute approximate surface area is 66.7 Å². The van der Waals surface area contributed by atoms with Crippen molar-refractivity contribution in [1.82, 2.24) is 0 Å². The van der Waals surface area contributed by atoms with E-state index >= 15 is 0 Å². The van der Waals surface area contributed by atoms with Gasteiger partial charge in [0.1, 0.15) is 5.75 Å². The Morgan fingerprint density at radius 3 is 2.36 bits per heavy atom. The van der Waals surface area contributed by atoms with E-state index in [9.17, 15) is 0 Å². The van der Waals surface area contributed by atoms with E-state index in [-0.39, 0.29) is 0 Å². The third-order valence-electron chi connectivity index (χ3n) is 1.52. The van der Waals surface area contributed by atoms with Crippen LogP contribution in [0.15, 0.2) is 24.3 Å². The van der Waals surface area contributed by atoms with Crippen molar-refractivity contribution < 1.29 is 10.8 Å². The summed E-state index contributed by atoms with van der Waals surface area (Å²) in [6.45, 7) is 2.08. The van der Waals surface area contributed by atoms with Crippen LogP contribution in [0.1, 0.15) is 12.5 Å². The van der Waals surface area contributed by atoms with Gasteiger partial charge in [-0.3, -0.25) is 0 Å². The molecule has 0 aromatic heterocycles. The number of hydrogen-bond donors (Lipinski definition) is 2. The molecule has 1 aromatic carbocycles. The summed E-state index contributed by atoms with van der Waals surface area (Å²) in [6.07, 6.45) is 0.972. The van der Waals surface area contributed by atoms with Gasteiger partial charge in [-0.25, -0.2) is 0 Å². The molecule has 1 rings (SSSR count). The van der Waals surface area contributed by atoms with E-state index in [2.05, 4.69) is 12.7 Å². The molecule has 2 heteroatoms. The van der Waals surface area contributed by atoms with Crippen LogP contribution in [0.25, 0.3) is 0 Å². The van der Waals surface area contributed by atoms with E-state index in [1.165, 1.54) is 5.56 Å². The molecule has 0 saturated heterocycles. The first-order chi connectivity index (χ1) is 5.18. The Morgan fingerprint density at radius 2 is 1.91 bits per heavy atom. The summed E-state index contributed by atoms with van der Waals surface area (Å²) in [5, 5.41) is 8.98. The van der Waals surface area contributed by atoms with Gasteiger partial charge in [0.15, 0.2) is 0 Å². The largest absolute Gasteiger partial charge is 0.508 e. The highest BCUT2D eigenvalue weighted by molar-refractivity contribution is 5.26. The van der Waals surface area contributed by atoms with Crippen LogP contribution in [0.2, 0.25) is 0 Å². The maximum Gasteiger partial charge on any atom is 0.115 e. The van der Waals surface area contributed by atoms with Gasteiger partial charge in [-0.2, -0.15) is 0 Å². The van der Waals surface area contributed by atoms with Gasteiger partial charge in [-0.15, -0.1) is 0 Å². The molecule has 1 aromatic rings. The van der Waals surface area contributed by atoms with Gasteiger partial charge < -0.3 is 10.8 Å². The van der Waals surface area contributed by atoms with Gasteiger partial charge >= 0.3 is 0 Å². The Bertz CT molecular complexity index is 216. The van der Waals surface area contributed by atoms with Crippen LogP contribution in [0.4, 0.5) is 0 Å². The van der Waals surface area contributed by atoms with Crippen molar-refractivity contribution in [3.63, 3.8) is 0 Å². The number of phenolic OH excluding ortho intramolecular Hbond substituents is 1. The van der Waals surface area contributed by atoms with Crippen LogP contribution in [0.3, 0.4) is 0 Å². The van der Waals surface area contributed by atoms with Crippen LogP contribution in [-0.2, 0) is 6.42 Å². The average Bonchev–Trinajstić information content (AvgIpc) is 1.93. The lowest BCUT2D eigenvalue weighted by atomic mass is 10.1. The van der Waals surface area contributed by atoms with Crippen molar-refractivity contribution in [3.05, 3.63) is 29.8 Å². The van der Waals surface area contributed by atoms with Gasteiger partial charge in [0.05, 0.1) is 6.04 Å². The van der Waals surface area contributed by atoms with Crippen molar-refractivity contribution in [1.29, 1.82) is 0 Å². The molecule has 0 aliphatic rings. The number of quaternary nitrogens is 1. The maximum absolute atomic E-state index is 8.98. The second-order valence-electron chi connectivity index (χ2n) is 2.98. The zero-order chi connectivity index (χ0) is 8.27. The monoisotopic (exact) mass is 152 g/mol. The highest BCUT2D eigenvalue weighted by Gasteiger charge is 1.99. The molecule has 0 amide bonds. The molecule has 0 heterocycles. The fourth-order valence-electron chi connectivity index (χ4n) is 1.03. The topological polar surface area (TPSA) is 47.9 Å². The second-order valence-corrected chi connectivity index (χ2v) is 2.98. The third kappa shape index (κ3) is 2.60. The molecule has 1 atom stereocenters. The van der Waals surface area contributed by atoms with E-state index in [1.807, 2.05) is 12.1 Å². The zero-order valence-electron chi connectivity index (χ0n) is 6.75. The first-order valence-electron chi connectivity index (χ1n) is 3.79. The first kappa shape index (κ1) is 8.08. The van der Waals surface area contributed by atoms with Crippen LogP contribution in [0.5, 0.6) is 5.75 Å². The molecule has 0 saturated carbocycles. The molecule has 4 N–H and O–H groups in total. The van der Waals surface area contributed by atoms with Crippen molar-refractivity contribution in [2.24, 2.45) is 0 Å². The lowest BCUT2D eigenvalue weighted by molar-refractivity contribution is -0.413. The summed E-state index contributed by atoms with van der Waals surface area (Å²) in [5.74, 6) is 0.325. The van der Waals surface area contributed by atoms with E-state index in [4.69, 9.17) is 5.11 Å². The molecule has 0 bridgehead atoms. The third-order valence-corrected chi connectivity index (χ3v) is 1.52. The van der Waals surface area contributed by atoms with E-state index in [0.717, 1.165) is 6.42 Å². The van der Waals surface area contributed by atoms with E-state index < -0.39 is 0 Å². The van der Waals surface area contributed by atoms with E-state index in [1.54, 1.807) is 12.1 Å². The van der Waals surface area contributed by atoms with Crippen molar-refractivity contribution in [3.8, 4) is 5.75 Å². The zero-order valence-corrected chi connectivity index (χ0v) is 6.75. The molecule has 0 fully saturated rings. The molecule has 2 nitrogen and oxygen atoms in total. The highest BCUT2D eigenvalue weighted by atomic mass is 16.3. The van der Waals surface area contributed by atoms with Gasteiger partial charge in [-0.05, 0) is 24.6 Å². The van der Waals surface area contributed by atoms with Crippen molar-refractivity contribution >= 4 is 0 Å². The van der Waals surface area contributed by atoms with Crippen LogP contribution in [-0.4, -0.2) is 11.1 Å². The SMILES string of the molecule is C[C@@H]([NH3+])Cc1ccc(O)cc1. The van der Waals surface area contributed by atoms with Crippen molar-refractivity contribution in [2.45, 2.75) is 19.4 Å². The minimum atomic E-state index is 0.325. The quantitative estimate of drug-likeness (QED) is 0.639. The van der Waals surface area contributed by atoms with Gasteiger partial charge in [0.25, 0.3) is 0 Å². The molecular formula is C9H14NO+. The smallest absolute Gasteiger partial charge is 0.115 e. The molecule has 0 radical (unpaired) electrons. The average molecular weight is 152 g/mol. The van der Waals surface area contributed by atoms with Crippen molar-refractivity contribution in [2.75, 3.05) is 0 Å². The Balaban J connectivity index is 2.66. The Hall–Kier alpha value is -1.02. The molecule has 0 unspecified atom stereocenters. The number of benzene rings is 1. The van der Waals surface area contributed by atoms with Crippen LogP contribution >= 0.6 is 0 Å². The van der Waals surface area contributed by atoms with Gasteiger partial charge in [0, 0.05) is 6.42 Å². The number of hydrogen-bond acceptors (Lipinski definition) is 1.